The predicted molar refractivity (Wildman–Crippen MR) is 58.6 cm³/mol. The summed E-state index contributed by atoms with van der Waals surface area (Å²) in [5, 5.41) is 11.0. The predicted octanol–water partition coefficient (Wildman–Crippen LogP) is 1.74. The van der Waals surface area contributed by atoms with Crippen molar-refractivity contribution in [1.82, 2.24) is 10.3 Å². The minimum absolute atomic E-state index is 0.00753. The lowest BCUT2D eigenvalue weighted by Gasteiger charge is -2.11. The molecule has 1 amide bonds. The summed E-state index contributed by atoms with van der Waals surface area (Å²) in [6.07, 6.45) is -3.68. The summed E-state index contributed by atoms with van der Waals surface area (Å²) in [6.45, 7) is -0.577. The number of carbonyl (C=O) groups is 1. The molecular formula is C9H8Cl2F2N2O2. The quantitative estimate of drug-likeness (QED) is 0.828. The summed E-state index contributed by atoms with van der Waals surface area (Å²) < 4.78 is 23.9. The number of alkyl halides is 2. The Kier molecular flexibility index (Phi) is 5.04. The number of aliphatic hydroxyl groups excluding tert-OH is 1. The Balaban J connectivity index is 2.67. The molecule has 1 aromatic heterocycles. The van der Waals surface area contributed by atoms with Crippen molar-refractivity contribution in [3.8, 4) is 0 Å². The second kappa shape index (κ2) is 6.09. The van der Waals surface area contributed by atoms with Crippen LogP contribution in [0.5, 0.6) is 0 Å². The summed E-state index contributed by atoms with van der Waals surface area (Å²) in [7, 11) is 0. The maximum Gasteiger partial charge on any atom is 0.265 e. The fourth-order valence-electron chi connectivity index (χ4n) is 0.969. The second-order valence-electron chi connectivity index (χ2n) is 3.10. The van der Waals surface area contributed by atoms with Gasteiger partial charge in [-0.05, 0) is 6.07 Å². The van der Waals surface area contributed by atoms with Crippen molar-refractivity contribution < 1.29 is 18.7 Å². The van der Waals surface area contributed by atoms with Gasteiger partial charge in [0.1, 0.15) is 11.3 Å². The van der Waals surface area contributed by atoms with Gasteiger partial charge in [-0.2, -0.15) is 0 Å². The molecule has 1 rings (SSSR count). The Labute approximate surface area is 106 Å². The zero-order valence-corrected chi connectivity index (χ0v) is 9.84. The Morgan fingerprint density at radius 1 is 1.53 bits per heavy atom. The molecule has 17 heavy (non-hydrogen) atoms. The third-order valence-electron chi connectivity index (χ3n) is 1.83. The molecule has 8 heteroatoms. The van der Waals surface area contributed by atoms with Crippen LogP contribution in [0.1, 0.15) is 10.4 Å². The van der Waals surface area contributed by atoms with E-state index < -0.39 is 25.0 Å². The molecule has 94 valence electrons. The van der Waals surface area contributed by atoms with Crippen LogP contribution in [0.2, 0.25) is 10.2 Å². The van der Waals surface area contributed by atoms with Gasteiger partial charge in [0.15, 0.2) is 0 Å². The molecule has 1 heterocycles. The van der Waals surface area contributed by atoms with Crippen LogP contribution >= 0.6 is 23.2 Å². The molecule has 0 bridgehead atoms. The van der Waals surface area contributed by atoms with Gasteiger partial charge in [0, 0.05) is 12.7 Å². The molecule has 0 aliphatic heterocycles. The Morgan fingerprint density at radius 3 is 2.76 bits per heavy atom. The standard InChI is InChI=1S/C9H8Cl2F2N2O2/c10-5-2-14-7(11)1-4(5)9(17)15-3-6(16)8(12)13/h1-2,6,8,16H,3H2,(H,15,17). The van der Waals surface area contributed by atoms with Crippen LogP contribution in [-0.2, 0) is 0 Å². The number of halogens is 4. The SMILES string of the molecule is O=C(NCC(O)C(F)F)c1cc(Cl)ncc1Cl. The highest BCUT2D eigenvalue weighted by Crippen LogP contribution is 2.17. The smallest absolute Gasteiger partial charge is 0.265 e. The third kappa shape index (κ3) is 4.07. The fourth-order valence-corrected chi connectivity index (χ4v) is 1.32. The number of amides is 1. The molecule has 0 radical (unpaired) electrons. The van der Waals surface area contributed by atoms with E-state index in [1.165, 1.54) is 12.3 Å². The highest BCUT2D eigenvalue weighted by atomic mass is 35.5. The summed E-state index contributed by atoms with van der Waals surface area (Å²) in [5.74, 6) is -0.709. The van der Waals surface area contributed by atoms with Crippen LogP contribution in [0.15, 0.2) is 12.3 Å². The summed E-state index contributed by atoms with van der Waals surface area (Å²) in [5.41, 5.74) is 0.00753. The van der Waals surface area contributed by atoms with Crippen LogP contribution in [0, 0.1) is 0 Å². The van der Waals surface area contributed by atoms with E-state index in [9.17, 15) is 13.6 Å². The number of carbonyl (C=O) groups excluding carboxylic acids is 1. The first kappa shape index (κ1) is 14.1. The van der Waals surface area contributed by atoms with E-state index in [1.807, 2.05) is 0 Å². The van der Waals surface area contributed by atoms with E-state index in [0.717, 1.165) is 0 Å². The lowest BCUT2D eigenvalue weighted by Crippen LogP contribution is -2.35. The molecule has 2 N–H and O–H groups in total. The van der Waals surface area contributed by atoms with Crippen LogP contribution < -0.4 is 5.32 Å². The number of hydrogen-bond acceptors (Lipinski definition) is 3. The monoisotopic (exact) mass is 284 g/mol. The van der Waals surface area contributed by atoms with Gasteiger partial charge in [0.05, 0.1) is 10.6 Å². The highest BCUT2D eigenvalue weighted by Gasteiger charge is 2.19. The van der Waals surface area contributed by atoms with E-state index in [0.29, 0.717) is 0 Å². The van der Waals surface area contributed by atoms with Gasteiger partial charge in [-0.3, -0.25) is 4.79 Å². The van der Waals surface area contributed by atoms with E-state index in [4.69, 9.17) is 28.3 Å². The first-order chi connectivity index (χ1) is 7.91. The lowest BCUT2D eigenvalue weighted by atomic mass is 10.2. The zero-order valence-electron chi connectivity index (χ0n) is 8.33. The van der Waals surface area contributed by atoms with Gasteiger partial charge >= 0.3 is 0 Å². The molecule has 1 atom stereocenters. The highest BCUT2D eigenvalue weighted by molar-refractivity contribution is 6.35. The lowest BCUT2D eigenvalue weighted by molar-refractivity contribution is -0.00270. The maximum atomic E-state index is 12.0. The van der Waals surface area contributed by atoms with Gasteiger partial charge in [-0.25, -0.2) is 13.8 Å². The van der Waals surface area contributed by atoms with Crippen molar-refractivity contribution >= 4 is 29.1 Å². The van der Waals surface area contributed by atoms with Crippen LogP contribution in [0.25, 0.3) is 0 Å². The van der Waals surface area contributed by atoms with Gasteiger partial charge in [0.2, 0.25) is 0 Å². The van der Waals surface area contributed by atoms with Gasteiger partial charge in [-0.1, -0.05) is 23.2 Å². The number of aliphatic hydroxyl groups is 1. The van der Waals surface area contributed by atoms with Crippen LogP contribution in [0.3, 0.4) is 0 Å². The summed E-state index contributed by atoms with van der Waals surface area (Å²) in [6, 6.07) is 1.20. The van der Waals surface area contributed by atoms with E-state index >= 15 is 0 Å². The molecule has 4 nitrogen and oxygen atoms in total. The van der Waals surface area contributed by atoms with Crippen molar-refractivity contribution in [2.45, 2.75) is 12.5 Å². The number of hydrogen-bond donors (Lipinski definition) is 2. The Hall–Kier alpha value is -0.980. The van der Waals surface area contributed by atoms with Gasteiger partial charge in [-0.15, -0.1) is 0 Å². The first-order valence-corrected chi connectivity index (χ1v) is 5.23. The largest absolute Gasteiger partial charge is 0.385 e. The van der Waals surface area contributed by atoms with Crippen LogP contribution in [0.4, 0.5) is 8.78 Å². The van der Waals surface area contributed by atoms with Crippen molar-refractivity contribution in [2.24, 2.45) is 0 Å². The van der Waals surface area contributed by atoms with E-state index in [-0.39, 0.29) is 15.7 Å². The van der Waals surface area contributed by atoms with Crippen molar-refractivity contribution in [3.05, 3.63) is 28.0 Å². The molecule has 0 spiro atoms. The molecule has 0 aliphatic rings. The molecule has 0 fully saturated rings. The van der Waals surface area contributed by atoms with E-state index in [1.54, 1.807) is 0 Å². The third-order valence-corrected chi connectivity index (χ3v) is 2.34. The minimum Gasteiger partial charge on any atom is -0.385 e. The molecule has 1 unspecified atom stereocenters. The van der Waals surface area contributed by atoms with Crippen molar-refractivity contribution in [2.75, 3.05) is 6.54 Å². The van der Waals surface area contributed by atoms with Crippen molar-refractivity contribution in [3.63, 3.8) is 0 Å². The zero-order chi connectivity index (χ0) is 13.0. The summed E-state index contributed by atoms with van der Waals surface area (Å²) in [4.78, 5) is 15.1. The average molecular weight is 285 g/mol. The fraction of sp³-hybridized carbons (Fsp3) is 0.333. The van der Waals surface area contributed by atoms with Gasteiger partial charge in [0.25, 0.3) is 12.3 Å². The number of pyridine rings is 1. The molecule has 0 aromatic carbocycles. The normalized spacial score (nSPS) is 12.6. The Bertz CT molecular complexity index is 418. The number of nitrogens with zero attached hydrogens (tertiary/aromatic N) is 1. The van der Waals surface area contributed by atoms with Gasteiger partial charge < -0.3 is 10.4 Å². The number of rotatable bonds is 4. The second-order valence-corrected chi connectivity index (χ2v) is 3.89. The molecular weight excluding hydrogens is 277 g/mol. The number of nitrogens with one attached hydrogen (secondary N) is 1. The minimum atomic E-state index is -2.92. The average Bonchev–Trinajstić information content (AvgIpc) is 2.28. The number of aromatic nitrogens is 1. The van der Waals surface area contributed by atoms with E-state index in [2.05, 4.69) is 10.3 Å². The molecule has 0 aliphatic carbocycles. The summed E-state index contributed by atoms with van der Waals surface area (Å²) >= 11 is 11.2. The Morgan fingerprint density at radius 2 is 2.18 bits per heavy atom. The molecule has 0 saturated heterocycles. The molecule has 0 saturated carbocycles. The first-order valence-electron chi connectivity index (χ1n) is 4.47. The maximum absolute atomic E-state index is 12.0. The topological polar surface area (TPSA) is 62.2 Å². The van der Waals surface area contributed by atoms with Crippen molar-refractivity contribution in [1.29, 1.82) is 0 Å². The molecule has 1 aromatic rings. The van der Waals surface area contributed by atoms with Crippen LogP contribution in [-0.4, -0.2) is 35.1 Å².